The van der Waals surface area contributed by atoms with Gasteiger partial charge in [0.2, 0.25) is 0 Å². The summed E-state index contributed by atoms with van der Waals surface area (Å²) >= 11 is 0. The van der Waals surface area contributed by atoms with Crippen molar-refractivity contribution in [3.8, 4) is 0 Å². The van der Waals surface area contributed by atoms with Crippen molar-refractivity contribution in [3.05, 3.63) is 23.7 Å². The highest BCUT2D eigenvalue weighted by atomic mass is 16.3. The van der Waals surface area contributed by atoms with Crippen LogP contribution < -0.4 is 11.3 Å². The summed E-state index contributed by atoms with van der Waals surface area (Å²) in [4.78, 5) is 16.2. The molecular weight excluding hydrogens is 244 g/mol. The smallest absolute Gasteiger partial charge is 0.301 e. The van der Waals surface area contributed by atoms with Crippen molar-refractivity contribution >= 4 is 5.91 Å². The summed E-state index contributed by atoms with van der Waals surface area (Å²) in [6.45, 7) is 2.92. The lowest BCUT2D eigenvalue weighted by atomic mass is 10.0. The Morgan fingerprint density at radius 2 is 2.47 bits per heavy atom. The molecule has 6 nitrogen and oxygen atoms in total. The van der Waals surface area contributed by atoms with E-state index in [1.165, 1.54) is 19.1 Å². The van der Waals surface area contributed by atoms with E-state index in [9.17, 15) is 4.79 Å². The molecule has 0 bridgehead atoms. The van der Waals surface area contributed by atoms with Crippen LogP contribution in [0.25, 0.3) is 0 Å². The van der Waals surface area contributed by atoms with Crippen LogP contribution >= 0.6 is 0 Å². The van der Waals surface area contributed by atoms with Gasteiger partial charge >= 0.3 is 5.91 Å². The number of nitrogens with one attached hydrogen (secondary N) is 1. The molecule has 3 N–H and O–H groups in total. The van der Waals surface area contributed by atoms with Crippen LogP contribution in [0.3, 0.4) is 0 Å². The van der Waals surface area contributed by atoms with Gasteiger partial charge in [-0.2, -0.15) is 0 Å². The van der Waals surface area contributed by atoms with Gasteiger partial charge in [-0.25, -0.2) is 5.84 Å². The largest absolute Gasteiger partial charge is 0.459 e. The van der Waals surface area contributed by atoms with E-state index >= 15 is 0 Å². The van der Waals surface area contributed by atoms with Crippen LogP contribution in [0.5, 0.6) is 0 Å². The molecule has 1 saturated heterocycles. The van der Waals surface area contributed by atoms with Crippen molar-refractivity contribution in [1.82, 2.24) is 15.2 Å². The molecule has 1 aliphatic rings. The molecule has 0 spiro atoms. The Kier molecular flexibility index (Phi) is 4.57. The highest BCUT2D eigenvalue weighted by molar-refractivity contribution is 5.92. The van der Waals surface area contributed by atoms with Gasteiger partial charge < -0.3 is 9.32 Å². The number of nitrogens with two attached hydrogens (primary N) is 1. The molecule has 0 radical (unpaired) electrons. The molecule has 0 aliphatic carbocycles. The van der Waals surface area contributed by atoms with E-state index in [-0.39, 0.29) is 5.91 Å². The maximum atomic E-state index is 11.5. The van der Waals surface area contributed by atoms with Gasteiger partial charge in [0.05, 0.1) is 6.26 Å². The molecule has 1 fully saturated rings. The number of amides is 1. The van der Waals surface area contributed by atoms with Gasteiger partial charge in [0.25, 0.3) is 0 Å². The molecule has 2 heterocycles. The minimum absolute atomic E-state index is 0.304. The van der Waals surface area contributed by atoms with Gasteiger partial charge in [-0.1, -0.05) is 0 Å². The molecule has 106 valence electrons. The Morgan fingerprint density at radius 1 is 1.68 bits per heavy atom. The molecule has 1 aromatic heterocycles. The lowest BCUT2D eigenvalue weighted by Gasteiger charge is -2.35. The lowest BCUT2D eigenvalue weighted by Crippen LogP contribution is -2.44. The first-order valence-corrected chi connectivity index (χ1v) is 6.58. The molecule has 19 heavy (non-hydrogen) atoms. The number of likely N-dealkylation sites (tertiary alicyclic amines) is 1. The fourth-order valence-electron chi connectivity index (χ4n) is 2.62. The zero-order valence-electron chi connectivity index (χ0n) is 11.6. The Bertz CT molecular complexity index is 432. The molecule has 1 atom stereocenters. The summed E-state index contributed by atoms with van der Waals surface area (Å²) in [5, 5.41) is 0. The highest BCUT2D eigenvalue weighted by Crippen LogP contribution is 2.18. The van der Waals surface area contributed by atoms with Crippen molar-refractivity contribution in [2.45, 2.75) is 25.4 Å². The van der Waals surface area contributed by atoms with Crippen molar-refractivity contribution in [2.75, 3.05) is 27.2 Å². The van der Waals surface area contributed by atoms with Crippen LogP contribution in [0.15, 0.2) is 16.7 Å². The number of carbonyl (C=O) groups excluding carboxylic acids is 1. The summed E-state index contributed by atoms with van der Waals surface area (Å²) in [5.41, 5.74) is 2.98. The molecular formula is C13H22N4O2. The first-order valence-electron chi connectivity index (χ1n) is 6.58. The maximum absolute atomic E-state index is 11.5. The molecule has 0 saturated carbocycles. The average molecular weight is 266 g/mol. The number of furan rings is 1. The second kappa shape index (κ2) is 6.18. The van der Waals surface area contributed by atoms with Gasteiger partial charge in [-0.3, -0.25) is 15.1 Å². The number of nitrogens with zero attached hydrogens (tertiary/aromatic N) is 2. The Balaban J connectivity index is 2.00. The standard InChI is InChI=1S/C13H22N4O2/c1-16-6-3-4-11(9-16)17(2)8-10-5-7-19-12(10)13(18)15-14/h5,7,11H,3-4,6,8-9,14H2,1-2H3,(H,15,18). The third-order valence-corrected chi connectivity index (χ3v) is 3.73. The van der Waals surface area contributed by atoms with Gasteiger partial charge in [0.1, 0.15) is 0 Å². The zero-order valence-corrected chi connectivity index (χ0v) is 11.6. The van der Waals surface area contributed by atoms with E-state index in [2.05, 4.69) is 29.3 Å². The van der Waals surface area contributed by atoms with Crippen molar-refractivity contribution in [3.63, 3.8) is 0 Å². The van der Waals surface area contributed by atoms with Gasteiger partial charge in [0, 0.05) is 24.7 Å². The Morgan fingerprint density at radius 3 is 3.16 bits per heavy atom. The predicted molar refractivity (Wildman–Crippen MR) is 72.3 cm³/mol. The monoisotopic (exact) mass is 266 g/mol. The Hall–Kier alpha value is -1.37. The highest BCUT2D eigenvalue weighted by Gasteiger charge is 2.23. The molecule has 0 aromatic carbocycles. The molecule has 1 aliphatic heterocycles. The molecule has 1 aromatic rings. The first-order chi connectivity index (χ1) is 9.11. The van der Waals surface area contributed by atoms with Crippen molar-refractivity contribution in [1.29, 1.82) is 0 Å². The maximum Gasteiger partial charge on any atom is 0.301 e. The number of rotatable bonds is 4. The predicted octanol–water partition coefficient (Wildman–Crippen LogP) is 0.409. The summed E-state index contributed by atoms with van der Waals surface area (Å²) < 4.78 is 5.20. The van der Waals surface area contributed by atoms with E-state index in [0.29, 0.717) is 18.3 Å². The number of hydrogen-bond donors (Lipinski definition) is 2. The number of hydrazine groups is 1. The first kappa shape index (κ1) is 14.0. The normalized spacial score (nSPS) is 20.7. The van der Waals surface area contributed by atoms with Crippen LogP contribution in [0.4, 0.5) is 0 Å². The lowest BCUT2D eigenvalue weighted by molar-refractivity contribution is 0.0919. The number of piperidine rings is 1. The van der Waals surface area contributed by atoms with Crippen LogP contribution in [0.2, 0.25) is 0 Å². The number of carbonyl (C=O) groups is 1. The topological polar surface area (TPSA) is 74.7 Å². The van der Waals surface area contributed by atoms with Gasteiger partial charge in [-0.05, 0) is 39.5 Å². The fourth-order valence-corrected chi connectivity index (χ4v) is 2.62. The SMILES string of the molecule is CN1CCCC(N(C)Cc2ccoc2C(=O)NN)C1. The van der Waals surface area contributed by atoms with Crippen LogP contribution in [-0.4, -0.2) is 48.9 Å². The van der Waals surface area contributed by atoms with E-state index in [0.717, 1.165) is 18.7 Å². The van der Waals surface area contributed by atoms with E-state index in [4.69, 9.17) is 10.3 Å². The number of hydrogen-bond acceptors (Lipinski definition) is 5. The quantitative estimate of drug-likeness (QED) is 0.469. The second-order valence-electron chi connectivity index (χ2n) is 5.22. The summed E-state index contributed by atoms with van der Waals surface area (Å²) in [5.74, 6) is 5.07. The molecule has 1 amide bonds. The Labute approximate surface area is 113 Å². The number of likely N-dealkylation sites (N-methyl/N-ethyl adjacent to an activating group) is 2. The fraction of sp³-hybridized carbons (Fsp3) is 0.615. The van der Waals surface area contributed by atoms with Crippen LogP contribution in [0.1, 0.15) is 29.0 Å². The van der Waals surface area contributed by atoms with Crippen molar-refractivity contribution < 1.29 is 9.21 Å². The molecule has 2 rings (SSSR count). The van der Waals surface area contributed by atoms with E-state index in [1.54, 1.807) is 0 Å². The van der Waals surface area contributed by atoms with Crippen LogP contribution in [0, 0.1) is 0 Å². The third-order valence-electron chi connectivity index (χ3n) is 3.73. The van der Waals surface area contributed by atoms with Gasteiger partial charge in [-0.15, -0.1) is 0 Å². The van der Waals surface area contributed by atoms with E-state index in [1.807, 2.05) is 6.07 Å². The average Bonchev–Trinajstić information content (AvgIpc) is 2.86. The van der Waals surface area contributed by atoms with Crippen molar-refractivity contribution in [2.24, 2.45) is 5.84 Å². The summed E-state index contributed by atoms with van der Waals surface area (Å²) in [6.07, 6.45) is 3.94. The van der Waals surface area contributed by atoms with Crippen LogP contribution in [-0.2, 0) is 6.54 Å². The minimum Gasteiger partial charge on any atom is -0.459 e. The number of nitrogen functional groups attached to an aromatic ring is 1. The van der Waals surface area contributed by atoms with E-state index < -0.39 is 0 Å². The third kappa shape index (κ3) is 3.34. The summed E-state index contributed by atoms with van der Waals surface area (Å²) in [6, 6.07) is 2.34. The minimum atomic E-state index is -0.380. The van der Waals surface area contributed by atoms with Gasteiger partial charge in [0.15, 0.2) is 5.76 Å². The second-order valence-corrected chi connectivity index (χ2v) is 5.22. The summed E-state index contributed by atoms with van der Waals surface area (Å²) in [7, 11) is 4.23. The molecule has 1 unspecified atom stereocenters. The molecule has 6 heteroatoms. The zero-order chi connectivity index (χ0) is 13.8.